The summed E-state index contributed by atoms with van der Waals surface area (Å²) < 4.78 is 22.4. The molecular formula is C31H37FN8O3. The number of nitrogens with one attached hydrogen (secondary N) is 1. The SMILES string of the molecule is CC(C)N1CCN(CCOc2ccc(Nc3nccc(N(Cc4cccc(Cn5cccn5)c4)C(=O)O)n3)cc2F)CC1. The molecule has 12 heteroatoms. The number of rotatable bonds is 12. The lowest BCUT2D eigenvalue weighted by Gasteiger charge is -2.36. The monoisotopic (exact) mass is 588 g/mol. The van der Waals surface area contributed by atoms with Gasteiger partial charge in [0.15, 0.2) is 11.6 Å². The molecule has 226 valence electrons. The lowest BCUT2D eigenvalue weighted by atomic mass is 10.1. The van der Waals surface area contributed by atoms with E-state index >= 15 is 0 Å². The van der Waals surface area contributed by atoms with Crippen molar-refractivity contribution < 1.29 is 19.0 Å². The van der Waals surface area contributed by atoms with E-state index in [1.165, 1.54) is 18.3 Å². The van der Waals surface area contributed by atoms with E-state index in [0.717, 1.165) is 48.8 Å². The van der Waals surface area contributed by atoms with Gasteiger partial charge in [-0.2, -0.15) is 10.1 Å². The molecule has 2 aromatic heterocycles. The fraction of sp³-hybridized carbons (Fsp3) is 0.355. The second kappa shape index (κ2) is 14.1. The molecule has 1 saturated heterocycles. The van der Waals surface area contributed by atoms with Crippen LogP contribution in [0.25, 0.3) is 0 Å². The Labute approximate surface area is 250 Å². The van der Waals surface area contributed by atoms with E-state index in [0.29, 0.717) is 24.9 Å². The van der Waals surface area contributed by atoms with Crippen molar-refractivity contribution >= 4 is 23.5 Å². The summed E-state index contributed by atoms with van der Waals surface area (Å²) >= 11 is 0. The van der Waals surface area contributed by atoms with Gasteiger partial charge in [0.05, 0.1) is 13.1 Å². The van der Waals surface area contributed by atoms with Crippen molar-refractivity contribution in [2.24, 2.45) is 0 Å². The summed E-state index contributed by atoms with van der Waals surface area (Å²) in [4.78, 5) is 26.7. The molecule has 1 aliphatic heterocycles. The molecule has 2 N–H and O–H groups in total. The largest absolute Gasteiger partial charge is 0.489 e. The fourth-order valence-electron chi connectivity index (χ4n) is 5.01. The van der Waals surface area contributed by atoms with Gasteiger partial charge >= 0.3 is 6.09 Å². The van der Waals surface area contributed by atoms with Gasteiger partial charge in [0, 0.05) is 69.1 Å². The Morgan fingerprint density at radius 1 is 1.07 bits per heavy atom. The Balaban J connectivity index is 1.18. The van der Waals surface area contributed by atoms with E-state index in [1.54, 1.807) is 23.0 Å². The van der Waals surface area contributed by atoms with Crippen LogP contribution in [0.4, 0.5) is 26.6 Å². The highest BCUT2D eigenvalue weighted by Gasteiger charge is 2.20. The summed E-state index contributed by atoms with van der Waals surface area (Å²) in [6.07, 6.45) is 3.89. The average Bonchev–Trinajstić information content (AvgIpc) is 3.50. The van der Waals surface area contributed by atoms with Crippen LogP contribution in [0.3, 0.4) is 0 Å². The molecule has 3 heterocycles. The van der Waals surface area contributed by atoms with Gasteiger partial charge in [0.25, 0.3) is 0 Å². The third-order valence-electron chi connectivity index (χ3n) is 7.37. The lowest BCUT2D eigenvalue weighted by molar-refractivity contribution is 0.0965. The van der Waals surface area contributed by atoms with E-state index in [2.05, 4.69) is 44.0 Å². The molecule has 0 atom stereocenters. The highest BCUT2D eigenvalue weighted by Crippen LogP contribution is 2.24. The van der Waals surface area contributed by atoms with Gasteiger partial charge in [-0.3, -0.25) is 19.4 Å². The minimum atomic E-state index is -1.16. The van der Waals surface area contributed by atoms with Gasteiger partial charge in [0.2, 0.25) is 5.95 Å². The molecule has 0 bridgehead atoms. The van der Waals surface area contributed by atoms with Crippen molar-refractivity contribution in [1.29, 1.82) is 0 Å². The minimum Gasteiger partial charge on any atom is -0.489 e. The van der Waals surface area contributed by atoms with Gasteiger partial charge in [0.1, 0.15) is 12.4 Å². The Hall–Kier alpha value is -4.55. The van der Waals surface area contributed by atoms with Crippen molar-refractivity contribution in [2.45, 2.75) is 33.0 Å². The first-order chi connectivity index (χ1) is 20.8. The predicted octanol–water partition coefficient (Wildman–Crippen LogP) is 4.69. The van der Waals surface area contributed by atoms with Crippen molar-refractivity contribution in [3.8, 4) is 5.75 Å². The quantitative estimate of drug-likeness (QED) is 0.243. The molecule has 4 aromatic rings. The van der Waals surface area contributed by atoms with Gasteiger partial charge in [-0.1, -0.05) is 24.3 Å². The molecule has 2 aromatic carbocycles. The van der Waals surface area contributed by atoms with Crippen LogP contribution in [0.1, 0.15) is 25.0 Å². The smallest absolute Gasteiger partial charge is 0.413 e. The summed E-state index contributed by atoms with van der Waals surface area (Å²) in [6, 6.07) is 16.1. The second-order valence-corrected chi connectivity index (χ2v) is 10.7. The van der Waals surface area contributed by atoms with Crippen LogP contribution in [0, 0.1) is 5.82 Å². The first kappa shape index (κ1) is 29.9. The van der Waals surface area contributed by atoms with Crippen molar-refractivity contribution in [3.05, 3.63) is 90.1 Å². The lowest BCUT2D eigenvalue weighted by Crippen LogP contribution is -2.49. The maximum absolute atomic E-state index is 14.8. The van der Waals surface area contributed by atoms with Crippen LogP contribution < -0.4 is 15.0 Å². The normalized spacial score (nSPS) is 14.1. The van der Waals surface area contributed by atoms with Crippen LogP contribution >= 0.6 is 0 Å². The number of nitrogens with zero attached hydrogens (tertiary/aromatic N) is 7. The van der Waals surface area contributed by atoms with Crippen LogP contribution in [0.5, 0.6) is 5.75 Å². The van der Waals surface area contributed by atoms with Crippen LogP contribution in [-0.4, -0.2) is 86.1 Å². The van der Waals surface area contributed by atoms with E-state index < -0.39 is 11.9 Å². The summed E-state index contributed by atoms with van der Waals surface area (Å²) in [5.41, 5.74) is 2.21. The molecule has 1 amide bonds. The van der Waals surface area contributed by atoms with E-state index in [1.807, 2.05) is 36.5 Å². The summed E-state index contributed by atoms with van der Waals surface area (Å²) in [5.74, 6) is 0.00253. The van der Waals surface area contributed by atoms with Crippen molar-refractivity contribution in [1.82, 2.24) is 29.5 Å². The number of piperazine rings is 1. The first-order valence-electron chi connectivity index (χ1n) is 14.4. The molecule has 5 rings (SSSR count). The van der Waals surface area contributed by atoms with Crippen LogP contribution in [-0.2, 0) is 13.1 Å². The molecule has 0 spiro atoms. The number of ether oxygens (including phenoxy) is 1. The summed E-state index contributed by atoms with van der Waals surface area (Å²) in [5, 5.41) is 17.2. The Bertz CT molecular complexity index is 1490. The van der Waals surface area contributed by atoms with Crippen molar-refractivity contribution in [2.75, 3.05) is 49.5 Å². The minimum absolute atomic E-state index is 0.0901. The topological polar surface area (TPSA) is 112 Å². The van der Waals surface area contributed by atoms with E-state index in [4.69, 9.17) is 4.74 Å². The van der Waals surface area contributed by atoms with E-state index in [-0.39, 0.29) is 24.1 Å². The zero-order chi connectivity index (χ0) is 30.2. The Morgan fingerprint density at radius 2 is 1.88 bits per heavy atom. The zero-order valence-electron chi connectivity index (χ0n) is 24.4. The molecule has 1 aliphatic rings. The average molecular weight is 589 g/mol. The number of carbonyl (C=O) groups is 1. The standard InChI is InChI=1S/C31H37FN8O3/c1-23(2)38-15-13-37(14-16-38)17-18-43-28-8-7-26(20-27(28)32)35-30-33-11-9-29(36-30)40(31(41)42)22-25-6-3-5-24(19-25)21-39-12-4-10-34-39/h3-12,19-20,23H,13-18,21-22H2,1-2H3,(H,41,42)(H,33,35,36). The number of hydrogen-bond donors (Lipinski definition) is 2. The number of carboxylic acid groups (broad SMARTS) is 1. The fourth-order valence-corrected chi connectivity index (χ4v) is 5.01. The molecule has 11 nitrogen and oxygen atoms in total. The highest BCUT2D eigenvalue weighted by atomic mass is 19.1. The second-order valence-electron chi connectivity index (χ2n) is 10.7. The number of amides is 1. The predicted molar refractivity (Wildman–Crippen MR) is 162 cm³/mol. The van der Waals surface area contributed by atoms with Gasteiger partial charge in [-0.05, 0) is 49.2 Å². The summed E-state index contributed by atoms with van der Waals surface area (Å²) in [6.45, 7) is 10.2. The maximum atomic E-state index is 14.8. The number of hydrogen-bond acceptors (Lipinski definition) is 8. The molecule has 43 heavy (non-hydrogen) atoms. The molecule has 0 aliphatic carbocycles. The zero-order valence-corrected chi connectivity index (χ0v) is 24.4. The summed E-state index contributed by atoms with van der Waals surface area (Å²) in [7, 11) is 0. The Morgan fingerprint density at radius 3 is 2.60 bits per heavy atom. The van der Waals surface area contributed by atoms with E-state index in [9.17, 15) is 14.3 Å². The van der Waals surface area contributed by atoms with Crippen LogP contribution in [0.15, 0.2) is 73.2 Å². The number of benzene rings is 2. The molecular weight excluding hydrogens is 551 g/mol. The van der Waals surface area contributed by atoms with Gasteiger partial charge < -0.3 is 15.2 Å². The number of halogens is 1. The third kappa shape index (κ3) is 8.27. The Kier molecular flexibility index (Phi) is 9.80. The number of aromatic nitrogens is 4. The first-order valence-corrected chi connectivity index (χ1v) is 14.4. The van der Waals surface area contributed by atoms with Gasteiger partial charge in [-0.25, -0.2) is 14.2 Å². The molecule has 0 radical (unpaired) electrons. The number of anilines is 3. The van der Waals surface area contributed by atoms with Gasteiger partial charge in [-0.15, -0.1) is 0 Å². The molecule has 1 fully saturated rings. The third-order valence-corrected chi connectivity index (χ3v) is 7.37. The van der Waals surface area contributed by atoms with Crippen LogP contribution in [0.2, 0.25) is 0 Å². The van der Waals surface area contributed by atoms with Crippen molar-refractivity contribution in [3.63, 3.8) is 0 Å². The molecule has 0 unspecified atom stereocenters. The molecule has 0 saturated carbocycles. The highest BCUT2D eigenvalue weighted by molar-refractivity contribution is 5.84. The maximum Gasteiger partial charge on any atom is 0.413 e.